The van der Waals surface area contributed by atoms with Crippen molar-refractivity contribution in [2.24, 2.45) is 0 Å². The summed E-state index contributed by atoms with van der Waals surface area (Å²) in [6, 6.07) is 12.5. The van der Waals surface area contributed by atoms with Crippen LogP contribution in [0.2, 0.25) is 0 Å². The van der Waals surface area contributed by atoms with E-state index in [0.29, 0.717) is 11.7 Å². The quantitative estimate of drug-likeness (QED) is 0.467. The van der Waals surface area contributed by atoms with Crippen molar-refractivity contribution in [3.05, 3.63) is 51.6 Å². The lowest BCUT2D eigenvalue weighted by atomic mass is 10.0. The van der Waals surface area contributed by atoms with E-state index in [0.717, 1.165) is 14.9 Å². The zero-order valence-electron chi connectivity index (χ0n) is 14.5. The second kappa shape index (κ2) is 8.86. The summed E-state index contributed by atoms with van der Waals surface area (Å²) in [4.78, 5) is 0.209. The Morgan fingerprint density at radius 3 is 2.48 bits per heavy atom. The Hall–Kier alpha value is -1.32. The largest absolute Gasteiger partial charge is 0.496 e. The summed E-state index contributed by atoms with van der Waals surface area (Å²) in [5.74, 6) is 1.78. The van der Waals surface area contributed by atoms with E-state index in [1.165, 1.54) is 6.07 Å². The zero-order valence-corrected chi connectivity index (χ0v) is 17.4. The van der Waals surface area contributed by atoms with Crippen LogP contribution in [0.3, 0.4) is 0 Å². The molecule has 0 aliphatic rings. The summed E-state index contributed by atoms with van der Waals surface area (Å²) >= 11 is 2.05. The minimum Gasteiger partial charge on any atom is -0.496 e. The van der Waals surface area contributed by atoms with Crippen molar-refractivity contribution in [2.75, 3.05) is 20.3 Å². The number of nitrogens with one attached hydrogen (secondary N) is 1. The second-order valence-corrected chi connectivity index (χ2v) is 8.66. The lowest BCUT2D eigenvalue weighted by molar-refractivity contribution is 0.318. The van der Waals surface area contributed by atoms with Gasteiger partial charge in [-0.1, -0.05) is 32.0 Å². The lowest BCUT2D eigenvalue weighted by Gasteiger charge is -2.14. The standard InChI is InChI=1S/C18H22INO4S/c1-13(2)15-6-4-5-7-17(15)24-11-10-20-25(21,22)14-8-9-18(23-3)16(19)12-14/h4-9,12-13,20H,10-11H2,1-3H3. The summed E-state index contributed by atoms with van der Waals surface area (Å²) in [5, 5.41) is 0. The number of hydrogen-bond acceptors (Lipinski definition) is 4. The van der Waals surface area contributed by atoms with E-state index in [9.17, 15) is 8.42 Å². The first-order valence-corrected chi connectivity index (χ1v) is 10.5. The third-order valence-electron chi connectivity index (χ3n) is 3.63. The SMILES string of the molecule is COc1ccc(S(=O)(=O)NCCOc2ccccc2C(C)C)cc1I. The lowest BCUT2D eigenvalue weighted by Crippen LogP contribution is -2.28. The van der Waals surface area contributed by atoms with Gasteiger partial charge in [-0.15, -0.1) is 0 Å². The van der Waals surface area contributed by atoms with Crippen LogP contribution in [0.1, 0.15) is 25.3 Å². The number of ether oxygens (including phenoxy) is 2. The Balaban J connectivity index is 1.96. The fourth-order valence-corrected chi connectivity index (χ4v) is 4.31. The number of benzene rings is 2. The molecular weight excluding hydrogens is 453 g/mol. The first-order valence-electron chi connectivity index (χ1n) is 7.90. The van der Waals surface area contributed by atoms with E-state index in [1.54, 1.807) is 19.2 Å². The van der Waals surface area contributed by atoms with Crippen LogP contribution in [0, 0.1) is 3.57 Å². The molecule has 0 unspecified atom stereocenters. The summed E-state index contributed by atoms with van der Waals surface area (Å²) in [6.07, 6.45) is 0. The van der Waals surface area contributed by atoms with Crippen LogP contribution in [0.4, 0.5) is 0 Å². The highest BCUT2D eigenvalue weighted by atomic mass is 127. The Labute approximate surface area is 162 Å². The highest BCUT2D eigenvalue weighted by Crippen LogP contribution is 2.26. The van der Waals surface area contributed by atoms with Crippen LogP contribution in [0.25, 0.3) is 0 Å². The van der Waals surface area contributed by atoms with Gasteiger partial charge in [0.1, 0.15) is 18.1 Å². The van der Waals surface area contributed by atoms with Crippen molar-refractivity contribution in [3.63, 3.8) is 0 Å². The predicted octanol–water partition coefficient (Wildman–Crippen LogP) is 3.78. The van der Waals surface area contributed by atoms with Gasteiger partial charge in [0.05, 0.1) is 15.6 Å². The molecule has 0 spiro atoms. The topological polar surface area (TPSA) is 64.6 Å². The molecule has 0 saturated carbocycles. The van der Waals surface area contributed by atoms with Crippen molar-refractivity contribution < 1.29 is 17.9 Å². The van der Waals surface area contributed by atoms with Crippen LogP contribution in [0.5, 0.6) is 11.5 Å². The number of para-hydroxylation sites is 1. The Morgan fingerprint density at radius 1 is 1.12 bits per heavy atom. The van der Waals surface area contributed by atoms with E-state index in [2.05, 4.69) is 18.6 Å². The highest BCUT2D eigenvalue weighted by Gasteiger charge is 2.15. The van der Waals surface area contributed by atoms with Crippen molar-refractivity contribution >= 4 is 32.6 Å². The average Bonchev–Trinajstić information content (AvgIpc) is 2.59. The van der Waals surface area contributed by atoms with Gasteiger partial charge in [-0.2, -0.15) is 0 Å². The molecular formula is C18H22INO4S. The van der Waals surface area contributed by atoms with E-state index in [-0.39, 0.29) is 18.0 Å². The molecule has 0 aromatic heterocycles. The van der Waals surface area contributed by atoms with Gasteiger partial charge >= 0.3 is 0 Å². The Morgan fingerprint density at radius 2 is 1.84 bits per heavy atom. The molecule has 0 aliphatic carbocycles. The number of hydrogen-bond donors (Lipinski definition) is 1. The zero-order chi connectivity index (χ0) is 18.4. The first-order chi connectivity index (χ1) is 11.8. The van der Waals surface area contributed by atoms with E-state index in [4.69, 9.17) is 9.47 Å². The summed E-state index contributed by atoms with van der Waals surface area (Å²) in [5.41, 5.74) is 1.11. The summed E-state index contributed by atoms with van der Waals surface area (Å²) in [6.45, 7) is 4.64. The van der Waals surface area contributed by atoms with Gasteiger partial charge in [-0.3, -0.25) is 0 Å². The predicted molar refractivity (Wildman–Crippen MR) is 107 cm³/mol. The molecule has 0 radical (unpaired) electrons. The monoisotopic (exact) mass is 475 g/mol. The Kier molecular flexibility index (Phi) is 7.09. The molecule has 2 aromatic carbocycles. The molecule has 0 bridgehead atoms. The fourth-order valence-electron chi connectivity index (χ4n) is 2.32. The molecule has 2 rings (SSSR count). The van der Waals surface area contributed by atoms with E-state index in [1.807, 2.05) is 46.9 Å². The molecule has 5 nitrogen and oxygen atoms in total. The van der Waals surface area contributed by atoms with Crippen molar-refractivity contribution in [3.8, 4) is 11.5 Å². The molecule has 2 aromatic rings. The highest BCUT2D eigenvalue weighted by molar-refractivity contribution is 14.1. The third kappa shape index (κ3) is 5.32. The minimum absolute atomic E-state index is 0.192. The molecule has 0 saturated heterocycles. The maximum atomic E-state index is 12.4. The van der Waals surface area contributed by atoms with Gasteiger partial charge in [0.25, 0.3) is 0 Å². The van der Waals surface area contributed by atoms with Gasteiger partial charge in [-0.25, -0.2) is 13.1 Å². The molecule has 0 heterocycles. The van der Waals surface area contributed by atoms with E-state index >= 15 is 0 Å². The smallest absolute Gasteiger partial charge is 0.240 e. The molecule has 0 amide bonds. The number of halogens is 1. The van der Waals surface area contributed by atoms with Crippen LogP contribution in [0.15, 0.2) is 47.4 Å². The molecule has 0 atom stereocenters. The van der Waals surface area contributed by atoms with Crippen LogP contribution in [-0.4, -0.2) is 28.7 Å². The molecule has 0 fully saturated rings. The van der Waals surface area contributed by atoms with Gasteiger partial charge in [-0.05, 0) is 58.3 Å². The van der Waals surface area contributed by atoms with Gasteiger partial charge in [0.15, 0.2) is 0 Å². The number of sulfonamides is 1. The fraction of sp³-hybridized carbons (Fsp3) is 0.333. The molecule has 25 heavy (non-hydrogen) atoms. The van der Waals surface area contributed by atoms with E-state index < -0.39 is 10.0 Å². The molecule has 0 aliphatic heterocycles. The number of rotatable bonds is 8. The summed E-state index contributed by atoms with van der Waals surface area (Å²) < 4.78 is 38.9. The van der Waals surface area contributed by atoms with Crippen LogP contribution >= 0.6 is 22.6 Å². The molecule has 136 valence electrons. The van der Waals surface area contributed by atoms with Crippen molar-refractivity contribution in [1.29, 1.82) is 0 Å². The minimum atomic E-state index is -3.58. The maximum Gasteiger partial charge on any atom is 0.240 e. The van der Waals surface area contributed by atoms with Crippen molar-refractivity contribution in [1.82, 2.24) is 4.72 Å². The Bertz CT molecular complexity index is 822. The van der Waals surface area contributed by atoms with Gasteiger partial charge < -0.3 is 9.47 Å². The van der Waals surface area contributed by atoms with Crippen LogP contribution in [-0.2, 0) is 10.0 Å². The van der Waals surface area contributed by atoms with Crippen molar-refractivity contribution in [2.45, 2.75) is 24.7 Å². The normalized spacial score (nSPS) is 11.6. The second-order valence-electron chi connectivity index (χ2n) is 5.74. The number of methoxy groups -OCH3 is 1. The third-order valence-corrected chi connectivity index (χ3v) is 5.93. The summed E-state index contributed by atoms with van der Waals surface area (Å²) in [7, 11) is -2.03. The maximum absolute atomic E-state index is 12.4. The van der Waals surface area contributed by atoms with Crippen LogP contribution < -0.4 is 14.2 Å². The average molecular weight is 475 g/mol. The molecule has 1 N–H and O–H groups in total. The first kappa shape index (κ1) is 20.0. The van der Waals surface area contributed by atoms with Gasteiger partial charge in [0, 0.05) is 6.54 Å². The molecule has 7 heteroatoms. The van der Waals surface area contributed by atoms with Gasteiger partial charge in [0.2, 0.25) is 10.0 Å².